The Kier molecular flexibility index (Phi) is 4.57. The highest BCUT2D eigenvalue weighted by atomic mass is 16.1. The first-order valence-electron chi connectivity index (χ1n) is 9.30. The zero-order valence-corrected chi connectivity index (χ0v) is 15.1. The second-order valence-corrected chi connectivity index (χ2v) is 6.78. The lowest BCUT2D eigenvalue weighted by Gasteiger charge is -2.05. The van der Waals surface area contributed by atoms with E-state index in [0.29, 0.717) is 6.54 Å². The molecule has 4 rings (SSSR count). The maximum absolute atomic E-state index is 12.5. The fraction of sp³-hybridized carbons (Fsp3) is 0.273. The van der Waals surface area contributed by atoms with Gasteiger partial charge in [0.2, 0.25) is 0 Å². The van der Waals surface area contributed by atoms with E-state index in [1.807, 2.05) is 18.2 Å². The minimum Gasteiger partial charge on any atom is -0.323 e. The third-order valence-corrected chi connectivity index (χ3v) is 5.02. The predicted octanol–water partition coefficient (Wildman–Crippen LogP) is 3.59. The molecule has 1 aliphatic heterocycles. The van der Waals surface area contributed by atoms with Crippen molar-refractivity contribution in [2.45, 2.75) is 39.3 Å². The number of carbonyl (C=O) groups excluding carboxylic acids is 1. The van der Waals surface area contributed by atoms with Crippen molar-refractivity contribution in [3.63, 3.8) is 0 Å². The molecule has 132 valence electrons. The van der Waals surface area contributed by atoms with E-state index in [2.05, 4.69) is 64.0 Å². The summed E-state index contributed by atoms with van der Waals surface area (Å²) < 4.78 is 4.45. The largest absolute Gasteiger partial charge is 0.323 e. The molecular weight excluding hydrogens is 322 g/mol. The quantitative estimate of drug-likeness (QED) is 0.705. The van der Waals surface area contributed by atoms with Crippen molar-refractivity contribution in [2.75, 3.05) is 5.32 Å². The highest BCUT2D eigenvalue weighted by molar-refractivity contribution is 5.89. The Morgan fingerprint density at radius 1 is 1.12 bits per heavy atom. The molecule has 0 fully saturated rings. The molecular formula is C22H24N3O+. The number of hydrogen-bond acceptors (Lipinski definition) is 1. The van der Waals surface area contributed by atoms with Crippen molar-refractivity contribution >= 4 is 11.6 Å². The van der Waals surface area contributed by atoms with Gasteiger partial charge in [0.05, 0.1) is 13.0 Å². The van der Waals surface area contributed by atoms with Crippen LogP contribution in [0.1, 0.15) is 24.7 Å². The van der Waals surface area contributed by atoms with Crippen molar-refractivity contribution in [1.29, 1.82) is 0 Å². The van der Waals surface area contributed by atoms with E-state index in [4.69, 9.17) is 0 Å². The molecule has 0 saturated heterocycles. The number of nitrogens with zero attached hydrogens (tertiary/aromatic N) is 2. The average molecular weight is 346 g/mol. The number of rotatable bonds is 5. The van der Waals surface area contributed by atoms with Crippen LogP contribution in [-0.4, -0.2) is 10.5 Å². The van der Waals surface area contributed by atoms with E-state index in [9.17, 15) is 4.79 Å². The molecule has 4 heteroatoms. The van der Waals surface area contributed by atoms with Crippen LogP contribution < -0.4 is 9.88 Å². The summed E-state index contributed by atoms with van der Waals surface area (Å²) in [6.45, 7) is 3.49. The van der Waals surface area contributed by atoms with Crippen LogP contribution in [0.5, 0.6) is 0 Å². The third kappa shape index (κ3) is 3.27. The van der Waals surface area contributed by atoms with Gasteiger partial charge in [0, 0.05) is 11.3 Å². The number of imidazole rings is 1. The molecule has 3 aromatic rings. The Morgan fingerprint density at radius 3 is 2.62 bits per heavy atom. The number of carbonyl (C=O) groups is 1. The first kappa shape index (κ1) is 16.6. The van der Waals surface area contributed by atoms with Crippen LogP contribution in [0.3, 0.4) is 0 Å². The van der Waals surface area contributed by atoms with Gasteiger partial charge < -0.3 is 5.32 Å². The topological polar surface area (TPSA) is 37.9 Å². The minimum atomic E-state index is 0.0131. The van der Waals surface area contributed by atoms with E-state index in [1.54, 1.807) is 0 Å². The summed E-state index contributed by atoms with van der Waals surface area (Å²) in [4.78, 5) is 12.5. The molecule has 0 radical (unpaired) electrons. The lowest BCUT2D eigenvalue weighted by molar-refractivity contribution is -0.690. The number of amides is 1. The Hall–Kier alpha value is -2.88. The van der Waals surface area contributed by atoms with Gasteiger partial charge in [-0.05, 0) is 30.5 Å². The Labute approximate surface area is 154 Å². The van der Waals surface area contributed by atoms with Gasteiger partial charge in [0.15, 0.2) is 12.2 Å². The normalized spacial score (nSPS) is 12.8. The van der Waals surface area contributed by atoms with Gasteiger partial charge in [-0.25, -0.2) is 9.13 Å². The fourth-order valence-corrected chi connectivity index (χ4v) is 3.66. The van der Waals surface area contributed by atoms with E-state index in [1.165, 1.54) is 22.6 Å². The summed E-state index contributed by atoms with van der Waals surface area (Å²) in [5.74, 6) is 1.25. The number of hydrogen-bond donors (Lipinski definition) is 1. The highest BCUT2D eigenvalue weighted by Crippen LogP contribution is 2.24. The van der Waals surface area contributed by atoms with E-state index in [0.717, 1.165) is 31.5 Å². The average Bonchev–Trinajstić information content (AvgIpc) is 3.27. The zero-order valence-electron chi connectivity index (χ0n) is 15.1. The summed E-state index contributed by atoms with van der Waals surface area (Å²) in [6, 6.07) is 18.5. The molecule has 26 heavy (non-hydrogen) atoms. The second-order valence-electron chi connectivity index (χ2n) is 6.78. The fourth-order valence-electron chi connectivity index (χ4n) is 3.66. The number of aromatic nitrogens is 2. The summed E-state index contributed by atoms with van der Waals surface area (Å²) in [5, 5.41) is 3.01. The Balaban J connectivity index is 1.54. The Bertz CT molecular complexity index is 911. The van der Waals surface area contributed by atoms with Crippen LogP contribution in [-0.2, 0) is 30.7 Å². The van der Waals surface area contributed by atoms with Crippen LogP contribution in [0.15, 0.2) is 60.8 Å². The minimum absolute atomic E-state index is 0.0131. The second kappa shape index (κ2) is 7.16. The van der Waals surface area contributed by atoms with Gasteiger partial charge in [-0.15, -0.1) is 0 Å². The van der Waals surface area contributed by atoms with Crippen LogP contribution in [0.4, 0.5) is 5.69 Å². The molecule has 2 aromatic carbocycles. The van der Waals surface area contributed by atoms with Crippen molar-refractivity contribution in [3.8, 4) is 11.3 Å². The van der Waals surface area contributed by atoms with Gasteiger partial charge in [0.25, 0.3) is 11.7 Å². The van der Waals surface area contributed by atoms with E-state index < -0.39 is 0 Å². The SMILES string of the molecule is CCc1ccc(NC(=O)C[n+]2cc(-c3ccccc3)n3c2CCC3)cc1. The number of aryl methyl sites for hydroxylation is 1. The molecule has 0 spiro atoms. The first-order chi connectivity index (χ1) is 12.7. The molecule has 0 atom stereocenters. The molecule has 0 bridgehead atoms. The summed E-state index contributed by atoms with van der Waals surface area (Å²) >= 11 is 0. The molecule has 0 saturated carbocycles. The number of benzene rings is 2. The lowest BCUT2D eigenvalue weighted by atomic mass is 10.1. The van der Waals surface area contributed by atoms with Crippen LogP contribution in [0, 0.1) is 0 Å². The molecule has 4 nitrogen and oxygen atoms in total. The van der Waals surface area contributed by atoms with Gasteiger partial charge in [0.1, 0.15) is 6.20 Å². The predicted molar refractivity (Wildman–Crippen MR) is 103 cm³/mol. The molecule has 1 aromatic heterocycles. The maximum atomic E-state index is 12.5. The van der Waals surface area contributed by atoms with Gasteiger partial charge >= 0.3 is 0 Å². The van der Waals surface area contributed by atoms with Gasteiger partial charge in [-0.2, -0.15) is 0 Å². The highest BCUT2D eigenvalue weighted by Gasteiger charge is 2.29. The number of fused-ring (bicyclic) bond motifs is 1. The smallest absolute Gasteiger partial charge is 0.266 e. The monoisotopic (exact) mass is 346 g/mol. The standard InChI is InChI=1S/C22H23N3O/c1-2-17-10-12-19(13-11-17)23-21(26)16-24-15-20(18-7-4-3-5-8-18)25-14-6-9-22(24)25/h3-5,7-8,10-13,15H,2,6,9,14,16H2,1H3/p+1. The van der Waals surface area contributed by atoms with Gasteiger partial charge in [-0.3, -0.25) is 4.79 Å². The molecule has 1 N–H and O–H groups in total. The summed E-state index contributed by atoms with van der Waals surface area (Å²) in [6.07, 6.45) is 5.27. The van der Waals surface area contributed by atoms with E-state index in [-0.39, 0.29) is 5.91 Å². The first-order valence-corrected chi connectivity index (χ1v) is 9.30. The van der Waals surface area contributed by atoms with Gasteiger partial charge in [-0.1, -0.05) is 49.4 Å². The van der Waals surface area contributed by atoms with Crippen molar-refractivity contribution in [1.82, 2.24) is 4.57 Å². The molecule has 1 aliphatic rings. The molecule has 0 aliphatic carbocycles. The van der Waals surface area contributed by atoms with Crippen LogP contribution >= 0.6 is 0 Å². The van der Waals surface area contributed by atoms with E-state index >= 15 is 0 Å². The number of anilines is 1. The zero-order chi connectivity index (χ0) is 17.9. The van der Waals surface area contributed by atoms with Crippen molar-refractivity contribution < 1.29 is 9.36 Å². The Morgan fingerprint density at radius 2 is 1.88 bits per heavy atom. The van der Waals surface area contributed by atoms with Crippen LogP contribution in [0.25, 0.3) is 11.3 Å². The molecule has 2 heterocycles. The maximum Gasteiger partial charge on any atom is 0.266 e. The van der Waals surface area contributed by atoms with Crippen LogP contribution in [0.2, 0.25) is 0 Å². The summed E-state index contributed by atoms with van der Waals surface area (Å²) in [7, 11) is 0. The molecule has 1 amide bonds. The molecule has 0 unspecified atom stereocenters. The number of nitrogens with one attached hydrogen (secondary N) is 1. The third-order valence-electron chi connectivity index (χ3n) is 5.02. The lowest BCUT2D eigenvalue weighted by Crippen LogP contribution is -2.42. The summed E-state index contributed by atoms with van der Waals surface area (Å²) in [5.41, 5.74) is 4.52. The van der Waals surface area contributed by atoms with Crippen molar-refractivity contribution in [2.24, 2.45) is 0 Å². The van der Waals surface area contributed by atoms with Crippen molar-refractivity contribution in [3.05, 3.63) is 72.2 Å².